The van der Waals surface area contributed by atoms with Gasteiger partial charge >= 0.3 is 5.69 Å². The van der Waals surface area contributed by atoms with Crippen molar-refractivity contribution in [1.82, 2.24) is 5.32 Å². The standard InChI is InChI=1S/C13H19N3O3/c1-13(2)9-15(7-6-14-13)10-4-5-11(16(17)18)12(8-10)19-3/h4-5,8,14H,6-7,9H2,1-3H3. The fraction of sp³-hybridized carbons (Fsp3) is 0.538. The number of hydrogen-bond donors (Lipinski definition) is 1. The van der Waals surface area contributed by atoms with Gasteiger partial charge in [-0.2, -0.15) is 0 Å². The largest absolute Gasteiger partial charge is 0.490 e. The van der Waals surface area contributed by atoms with E-state index >= 15 is 0 Å². The third kappa shape index (κ3) is 2.96. The number of nitrogens with zero attached hydrogens (tertiary/aromatic N) is 2. The summed E-state index contributed by atoms with van der Waals surface area (Å²) in [5.74, 6) is 0.304. The molecule has 104 valence electrons. The zero-order chi connectivity index (χ0) is 14.0. The lowest BCUT2D eigenvalue weighted by Gasteiger charge is -2.40. The van der Waals surface area contributed by atoms with Gasteiger partial charge in [-0.05, 0) is 19.9 Å². The molecule has 0 unspecified atom stereocenters. The van der Waals surface area contributed by atoms with Gasteiger partial charge in [0.25, 0.3) is 0 Å². The van der Waals surface area contributed by atoms with Crippen molar-refractivity contribution in [2.24, 2.45) is 0 Å². The molecular formula is C13H19N3O3. The first-order chi connectivity index (χ1) is 8.93. The first-order valence-corrected chi connectivity index (χ1v) is 6.25. The maximum absolute atomic E-state index is 10.9. The normalized spacial score (nSPS) is 18.2. The second-order valence-corrected chi connectivity index (χ2v) is 5.35. The van der Waals surface area contributed by atoms with Crippen LogP contribution in [0.4, 0.5) is 11.4 Å². The smallest absolute Gasteiger partial charge is 0.311 e. The summed E-state index contributed by atoms with van der Waals surface area (Å²) in [5, 5.41) is 14.3. The van der Waals surface area contributed by atoms with E-state index in [9.17, 15) is 10.1 Å². The molecule has 19 heavy (non-hydrogen) atoms. The number of nitro groups is 1. The van der Waals surface area contributed by atoms with Crippen LogP contribution in [0.2, 0.25) is 0 Å². The topological polar surface area (TPSA) is 67.6 Å². The zero-order valence-corrected chi connectivity index (χ0v) is 11.5. The molecule has 1 N–H and O–H groups in total. The summed E-state index contributed by atoms with van der Waals surface area (Å²) in [4.78, 5) is 12.7. The number of piperazine rings is 1. The minimum absolute atomic E-state index is 0.000597. The molecule has 2 rings (SSSR count). The molecular weight excluding hydrogens is 246 g/mol. The van der Waals surface area contributed by atoms with Crippen molar-refractivity contribution < 1.29 is 9.66 Å². The summed E-state index contributed by atoms with van der Waals surface area (Å²) in [5.41, 5.74) is 0.991. The minimum atomic E-state index is -0.426. The van der Waals surface area contributed by atoms with Gasteiger partial charge in [0.05, 0.1) is 12.0 Å². The maximum atomic E-state index is 10.9. The van der Waals surface area contributed by atoms with Crippen molar-refractivity contribution in [3.8, 4) is 5.75 Å². The van der Waals surface area contributed by atoms with Gasteiger partial charge in [0, 0.05) is 43.0 Å². The Labute approximate surface area is 112 Å². The van der Waals surface area contributed by atoms with Crippen LogP contribution in [-0.4, -0.2) is 37.2 Å². The molecule has 1 heterocycles. The molecule has 1 fully saturated rings. The summed E-state index contributed by atoms with van der Waals surface area (Å²) in [7, 11) is 1.45. The number of ether oxygens (including phenoxy) is 1. The van der Waals surface area contributed by atoms with Crippen molar-refractivity contribution in [3.63, 3.8) is 0 Å². The van der Waals surface area contributed by atoms with Crippen LogP contribution in [0.1, 0.15) is 13.8 Å². The van der Waals surface area contributed by atoms with E-state index in [1.165, 1.54) is 13.2 Å². The molecule has 6 heteroatoms. The van der Waals surface area contributed by atoms with Gasteiger partial charge in [0.1, 0.15) is 0 Å². The number of methoxy groups -OCH3 is 1. The van der Waals surface area contributed by atoms with Crippen LogP contribution in [0.5, 0.6) is 5.75 Å². The molecule has 1 aromatic carbocycles. The highest BCUT2D eigenvalue weighted by Crippen LogP contribution is 2.32. The number of nitro benzene ring substituents is 1. The van der Waals surface area contributed by atoms with Gasteiger partial charge in [-0.3, -0.25) is 10.1 Å². The average molecular weight is 265 g/mol. The van der Waals surface area contributed by atoms with Crippen LogP contribution < -0.4 is 15.0 Å². The second-order valence-electron chi connectivity index (χ2n) is 5.35. The Hall–Kier alpha value is -1.82. The quantitative estimate of drug-likeness (QED) is 0.666. The second kappa shape index (κ2) is 5.05. The maximum Gasteiger partial charge on any atom is 0.311 e. The SMILES string of the molecule is COc1cc(N2CCNC(C)(C)C2)ccc1[N+](=O)[O-]. The van der Waals surface area contributed by atoms with Crippen molar-refractivity contribution in [1.29, 1.82) is 0 Å². The average Bonchev–Trinajstić information content (AvgIpc) is 2.36. The fourth-order valence-electron chi connectivity index (χ4n) is 2.38. The molecule has 1 aliphatic rings. The first kappa shape index (κ1) is 13.6. The number of benzene rings is 1. The van der Waals surface area contributed by atoms with Gasteiger partial charge in [0.2, 0.25) is 0 Å². The van der Waals surface area contributed by atoms with Crippen LogP contribution in [-0.2, 0) is 0 Å². The summed E-state index contributed by atoms with van der Waals surface area (Å²) in [6.07, 6.45) is 0. The van der Waals surface area contributed by atoms with Crippen LogP contribution in [0.15, 0.2) is 18.2 Å². The van der Waals surface area contributed by atoms with Crippen molar-refractivity contribution >= 4 is 11.4 Å². The Kier molecular flexibility index (Phi) is 3.61. The van der Waals surface area contributed by atoms with Crippen molar-refractivity contribution in [3.05, 3.63) is 28.3 Å². The van der Waals surface area contributed by atoms with E-state index in [1.54, 1.807) is 12.1 Å². The number of nitrogens with one attached hydrogen (secondary N) is 1. The highest BCUT2D eigenvalue weighted by atomic mass is 16.6. The molecule has 6 nitrogen and oxygen atoms in total. The van der Waals surface area contributed by atoms with Gasteiger partial charge in [0.15, 0.2) is 5.75 Å². The molecule has 0 radical (unpaired) electrons. The fourth-order valence-corrected chi connectivity index (χ4v) is 2.38. The lowest BCUT2D eigenvalue weighted by atomic mass is 10.0. The molecule has 1 saturated heterocycles. The predicted octanol–water partition coefficient (Wildman–Crippen LogP) is 1.79. The highest BCUT2D eigenvalue weighted by molar-refractivity contribution is 5.59. The Bertz CT molecular complexity index is 488. The molecule has 1 aliphatic heterocycles. The molecule has 0 atom stereocenters. The van der Waals surface area contributed by atoms with E-state index in [2.05, 4.69) is 24.1 Å². The minimum Gasteiger partial charge on any atom is -0.490 e. The number of hydrogen-bond acceptors (Lipinski definition) is 5. The van der Waals surface area contributed by atoms with Crippen molar-refractivity contribution in [2.75, 3.05) is 31.6 Å². The van der Waals surface area contributed by atoms with Gasteiger partial charge in [-0.1, -0.05) is 0 Å². The third-order valence-electron chi connectivity index (χ3n) is 3.30. The molecule has 0 amide bonds. The van der Waals surface area contributed by atoms with Crippen LogP contribution in [0.25, 0.3) is 0 Å². The summed E-state index contributed by atoms with van der Waals surface area (Å²) < 4.78 is 5.11. The van der Waals surface area contributed by atoms with Gasteiger partial charge in [-0.25, -0.2) is 0 Å². The highest BCUT2D eigenvalue weighted by Gasteiger charge is 2.27. The zero-order valence-electron chi connectivity index (χ0n) is 11.5. The van der Waals surface area contributed by atoms with E-state index in [1.807, 2.05) is 0 Å². The van der Waals surface area contributed by atoms with E-state index in [0.717, 1.165) is 25.3 Å². The lowest BCUT2D eigenvalue weighted by Crippen LogP contribution is -2.57. The van der Waals surface area contributed by atoms with Gasteiger partial charge < -0.3 is 15.0 Å². The van der Waals surface area contributed by atoms with Gasteiger partial charge in [-0.15, -0.1) is 0 Å². The van der Waals surface area contributed by atoms with Crippen molar-refractivity contribution in [2.45, 2.75) is 19.4 Å². The van der Waals surface area contributed by atoms with Crippen LogP contribution >= 0.6 is 0 Å². The molecule has 0 spiro atoms. The predicted molar refractivity (Wildman–Crippen MR) is 73.9 cm³/mol. The molecule has 0 saturated carbocycles. The lowest BCUT2D eigenvalue weighted by molar-refractivity contribution is -0.385. The Morgan fingerprint density at radius 1 is 1.47 bits per heavy atom. The Morgan fingerprint density at radius 3 is 2.79 bits per heavy atom. The summed E-state index contributed by atoms with van der Waals surface area (Å²) in [6, 6.07) is 5.02. The monoisotopic (exact) mass is 265 g/mol. The first-order valence-electron chi connectivity index (χ1n) is 6.25. The molecule has 0 aromatic heterocycles. The Balaban J connectivity index is 2.28. The number of rotatable bonds is 3. The Morgan fingerprint density at radius 2 is 2.21 bits per heavy atom. The van der Waals surface area contributed by atoms with E-state index in [4.69, 9.17) is 4.74 Å². The summed E-state index contributed by atoms with van der Waals surface area (Å²) >= 11 is 0. The van der Waals surface area contributed by atoms with E-state index < -0.39 is 4.92 Å². The molecule has 1 aromatic rings. The number of anilines is 1. The van der Waals surface area contributed by atoms with Crippen LogP contribution in [0, 0.1) is 10.1 Å². The van der Waals surface area contributed by atoms with Crippen LogP contribution in [0.3, 0.4) is 0 Å². The molecule has 0 bridgehead atoms. The third-order valence-corrected chi connectivity index (χ3v) is 3.30. The van der Waals surface area contributed by atoms with E-state index in [0.29, 0.717) is 5.75 Å². The summed E-state index contributed by atoms with van der Waals surface area (Å²) in [6.45, 7) is 6.91. The molecule has 0 aliphatic carbocycles. The van der Waals surface area contributed by atoms with E-state index in [-0.39, 0.29) is 11.2 Å².